The van der Waals surface area contributed by atoms with Gasteiger partial charge in [-0.05, 0) is 19.3 Å². The zero-order chi connectivity index (χ0) is 13.8. The Hall–Kier alpha value is -1.59. The second-order valence-corrected chi connectivity index (χ2v) is 5.25. The molecule has 0 aromatic rings. The van der Waals surface area contributed by atoms with Crippen molar-refractivity contribution in [2.75, 3.05) is 26.2 Å². The van der Waals surface area contributed by atoms with Gasteiger partial charge in [-0.3, -0.25) is 14.4 Å². The Labute approximate surface area is 112 Å². The Morgan fingerprint density at radius 1 is 1.26 bits per heavy atom. The molecule has 19 heavy (non-hydrogen) atoms. The summed E-state index contributed by atoms with van der Waals surface area (Å²) in [5.74, 6) is -1.31. The number of carbonyl (C=O) groups is 3. The molecule has 0 bridgehead atoms. The normalized spacial score (nSPS) is 23.8. The Bertz CT molecular complexity index is 377. The molecule has 0 spiro atoms. The molecule has 2 amide bonds. The maximum atomic E-state index is 11.9. The van der Waals surface area contributed by atoms with Gasteiger partial charge in [0.25, 0.3) is 0 Å². The average Bonchev–Trinajstić information content (AvgIpc) is 2.91. The number of carboxylic acid groups (broad SMARTS) is 1. The highest BCUT2D eigenvalue weighted by Gasteiger charge is 2.30. The highest BCUT2D eigenvalue weighted by Crippen LogP contribution is 2.18. The maximum absolute atomic E-state index is 11.9. The van der Waals surface area contributed by atoms with Gasteiger partial charge in [-0.15, -0.1) is 0 Å². The predicted octanol–water partition coefficient (Wildman–Crippen LogP) is 0.322. The molecule has 2 fully saturated rings. The van der Waals surface area contributed by atoms with Gasteiger partial charge in [0.05, 0.1) is 5.92 Å². The van der Waals surface area contributed by atoms with Crippen LogP contribution < -0.4 is 0 Å². The molecule has 106 valence electrons. The molecule has 1 unspecified atom stereocenters. The number of amides is 2. The third-order valence-electron chi connectivity index (χ3n) is 3.90. The van der Waals surface area contributed by atoms with Crippen molar-refractivity contribution in [2.45, 2.75) is 32.1 Å². The largest absolute Gasteiger partial charge is 0.481 e. The predicted molar refractivity (Wildman–Crippen MR) is 67.4 cm³/mol. The molecule has 2 saturated heterocycles. The van der Waals surface area contributed by atoms with E-state index in [2.05, 4.69) is 0 Å². The van der Waals surface area contributed by atoms with Gasteiger partial charge in [0.1, 0.15) is 0 Å². The van der Waals surface area contributed by atoms with E-state index in [1.807, 2.05) is 4.90 Å². The molecule has 6 heteroatoms. The van der Waals surface area contributed by atoms with Crippen molar-refractivity contribution in [3.8, 4) is 0 Å². The Morgan fingerprint density at radius 3 is 2.58 bits per heavy atom. The number of hydrogen-bond donors (Lipinski definition) is 1. The lowest BCUT2D eigenvalue weighted by atomic mass is 9.97. The van der Waals surface area contributed by atoms with Crippen molar-refractivity contribution >= 4 is 17.8 Å². The van der Waals surface area contributed by atoms with E-state index in [0.29, 0.717) is 19.4 Å². The van der Waals surface area contributed by atoms with E-state index in [1.54, 1.807) is 0 Å². The number of carboxylic acids is 1. The first-order chi connectivity index (χ1) is 9.08. The molecule has 0 aliphatic carbocycles. The van der Waals surface area contributed by atoms with Crippen LogP contribution in [-0.4, -0.2) is 58.9 Å². The summed E-state index contributed by atoms with van der Waals surface area (Å²) in [6, 6.07) is 0. The van der Waals surface area contributed by atoms with E-state index in [0.717, 1.165) is 25.9 Å². The van der Waals surface area contributed by atoms with Gasteiger partial charge in [-0.25, -0.2) is 0 Å². The van der Waals surface area contributed by atoms with E-state index in [1.165, 1.54) is 4.90 Å². The van der Waals surface area contributed by atoms with Crippen molar-refractivity contribution in [1.29, 1.82) is 0 Å². The number of piperidine rings is 1. The summed E-state index contributed by atoms with van der Waals surface area (Å²) in [4.78, 5) is 37.9. The fourth-order valence-electron chi connectivity index (χ4n) is 2.69. The molecule has 6 nitrogen and oxygen atoms in total. The van der Waals surface area contributed by atoms with E-state index in [4.69, 9.17) is 5.11 Å². The van der Waals surface area contributed by atoms with Gasteiger partial charge in [0.15, 0.2) is 0 Å². The zero-order valence-electron chi connectivity index (χ0n) is 11.0. The summed E-state index contributed by atoms with van der Waals surface area (Å²) in [7, 11) is 0. The van der Waals surface area contributed by atoms with Crippen LogP contribution in [0.1, 0.15) is 32.1 Å². The van der Waals surface area contributed by atoms with Crippen LogP contribution in [0.3, 0.4) is 0 Å². The zero-order valence-corrected chi connectivity index (χ0v) is 11.0. The van der Waals surface area contributed by atoms with E-state index >= 15 is 0 Å². The number of nitrogens with zero attached hydrogens (tertiary/aromatic N) is 2. The molecular formula is C13H20N2O4. The summed E-state index contributed by atoms with van der Waals surface area (Å²) in [5.41, 5.74) is 0. The molecule has 2 heterocycles. The Morgan fingerprint density at radius 2 is 1.95 bits per heavy atom. The molecule has 1 atom stereocenters. The van der Waals surface area contributed by atoms with E-state index in [-0.39, 0.29) is 24.8 Å². The third-order valence-corrected chi connectivity index (χ3v) is 3.90. The minimum atomic E-state index is -0.858. The molecule has 0 aromatic heterocycles. The van der Waals surface area contributed by atoms with Crippen LogP contribution >= 0.6 is 0 Å². The second kappa shape index (κ2) is 6.04. The summed E-state index contributed by atoms with van der Waals surface area (Å²) < 4.78 is 0. The van der Waals surface area contributed by atoms with Crippen molar-refractivity contribution in [3.05, 3.63) is 0 Å². The van der Waals surface area contributed by atoms with Crippen LogP contribution in [0.25, 0.3) is 0 Å². The SMILES string of the molecule is O=C(O)C1CCC(=O)N(CCC(=O)N2CCCC2)C1. The lowest BCUT2D eigenvalue weighted by molar-refractivity contribution is -0.147. The topological polar surface area (TPSA) is 77.9 Å². The smallest absolute Gasteiger partial charge is 0.308 e. The van der Waals surface area contributed by atoms with E-state index in [9.17, 15) is 14.4 Å². The monoisotopic (exact) mass is 268 g/mol. The van der Waals surface area contributed by atoms with Crippen molar-refractivity contribution in [2.24, 2.45) is 5.92 Å². The van der Waals surface area contributed by atoms with E-state index < -0.39 is 11.9 Å². The summed E-state index contributed by atoms with van der Waals surface area (Å²) in [6.07, 6.45) is 3.09. The van der Waals surface area contributed by atoms with Crippen LogP contribution in [0.5, 0.6) is 0 Å². The Balaban J connectivity index is 1.81. The standard InChI is InChI=1S/C13H20N2O4/c16-11-4-3-10(13(18)19)9-15(11)8-5-12(17)14-6-1-2-7-14/h10H,1-9H2,(H,18,19). The van der Waals surface area contributed by atoms with Gasteiger partial charge in [-0.1, -0.05) is 0 Å². The number of carbonyl (C=O) groups excluding carboxylic acids is 2. The number of rotatable bonds is 4. The van der Waals surface area contributed by atoms with Gasteiger partial charge in [0, 0.05) is 39.0 Å². The summed E-state index contributed by atoms with van der Waals surface area (Å²) in [5, 5.41) is 8.98. The van der Waals surface area contributed by atoms with Crippen LogP contribution in [0.15, 0.2) is 0 Å². The highest BCUT2D eigenvalue weighted by atomic mass is 16.4. The Kier molecular flexibility index (Phi) is 4.39. The number of hydrogen-bond acceptors (Lipinski definition) is 3. The van der Waals surface area contributed by atoms with Crippen LogP contribution in [0.2, 0.25) is 0 Å². The highest BCUT2D eigenvalue weighted by molar-refractivity contribution is 5.81. The molecule has 2 aliphatic rings. The molecular weight excluding hydrogens is 248 g/mol. The maximum Gasteiger partial charge on any atom is 0.308 e. The molecule has 2 aliphatic heterocycles. The molecule has 0 aromatic carbocycles. The average molecular weight is 268 g/mol. The third kappa shape index (κ3) is 3.45. The minimum absolute atomic E-state index is 0.0354. The first-order valence-corrected chi connectivity index (χ1v) is 6.86. The molecule has 0 radical (unpaired) electrons. The van der Waals surface area contributed by atoms with Crippen molar-refractivity contribution in [1.82, 2.24) is 9.80 Å². The first-order valence-electron chi connectivity index (χ1n) is 6.86. The van der Waals surface area contributed by atoms with Gasteiger partial charge in [-0.2, -0.15) is 0 Å². The first kappa shape index (κ1) is 13.8. The van der Waals surface area contributed by atoms with Crippen LogP contribution in [-0.2, 0) is 14.4 Å². The van der Waals surface area contributed by atoms with Gasteiger partial charge < -0.3 is 14.9 Å². The van der Waals surface area contributed by atoms with Crippen molar-refractivity contribution in [3.63, 3.8) is 0 Å². The quantitative estimate of drug-likeness (QED) is 0.796. The number of likely N-dealkylation sites (tertiary alicyclic amines) is 2. The van der Waals surface area contributed by atoms with Crippen molar-refractivity contribution < 1.29 is 19.5 Å². The lowest BCUT2D eigenvalue weighted by Crippen LogP contribution is -2.44. The molecule has 2 rings (SSSR count). The van der Waals surface area contributed by atoms with Gasteiger partial charge >= 0.3 is 5.97 Å². The summed E-state index contributed by atoms with van der Waals surface area (Å²) in [6.45, 7) is 2.20. The minimum Gasteiger partial charge on any atom is -0.481 e. The number of aliphatic carboxylic acids is 1. The summed E-state index contributed by atoms with van der Waals surface area (Å²) >= 11 is 0. The van der Waals surface area contributed by atoms with Crippen LogP contribution in [0, 0.1) is 5.92 Å². The van der Waals surface area contributed by atoms with Gasteiger partial charge in [0.2, 0.25) is 11.8 Å². The lowest BCUT2D eigenvalue weighted by Gasteiger charge is -2.30. The molecule has 1 N–H and O–H groups in total. The molecule has 0 saturated carbocycles. The fraction of sp³-hybridized carbons (Fsp3) is 0.769. The fourth-order valence-corrected chi connectivity index (χ4v) is 2.69. The van der Waals surface area contributed by atoms with Crippen LogP contribution in [0.4, 0.5) is 0 Å². The second-order valence-electron chi connectivity index (χ2n) is 5.25.